The van der Waals surface area contributed by atoms with Crippen LogP contribution in [0.25, 0.3) is 0 Å². The van der Waals surface area contributed by atoms with Crippen molar-refractivity contribution in [1.82, 2.24) is 4.90 Å². The summed E-state index contributed by atoms with van der Waals surface area (Å²) >= 11 is 4.93. The average Bonchev–Trinajstić information content (AvgIpc) is 2.34. The van der Waals surface area contributed by atoms with Crippen LogP contribution in [0.15, 0.2) is 24.3 Å². The van der Waals surface area contributed by atoms with Crippen molar-refractivity contribution in [3.05, 3.63) is 29.8 Å². The highest BCUT2D eigenvalue weighted by Crippen LogP contribution is 2.23. The maximum absolute atomic E-state index is 11.9. The summed E-state index contributed by atoms with van der Waals surface area (Å²) in [5.41, 5.74) is 7.09. The lowest BCUT2D eigenvalue weighted by Gasteiger charge is -2.34. The third kappa shape index (κ3) is 4.02. The molecule has 1 amide bonds. The molecule has 0 unspecified atom stereocenters. The predicted molar refractivity (Wildman–Crippen MR) is 85.8 cm³/mol. The maximum atomic E-state index is 11.9. The Morgan fingerprint density at radius 3 is 2.85 bits per heavy atom. The number of rotatable bonds is 6. The van der Waals surface area contributed by atoms with Crippen LogP contribution in [0.2, 0.25) is 0 Å². The number of nitrogens with one attached hydrogen (secondary N) is 1. The van der Waals surface area contributed by atoms with Gasteiger partial charge in [0.25, 0.3) is 0 Å². The summed E-state index contributed by atoms with van der Waals surface area (Å²) in [5.74, 6) is 0.0243. The Morgan fingerprint density at radius 1 is 1.50 bits per heavy atom. The lowest BCUT2D eigenvalue weighted by molar-refractivity contribution is -0.116. The van der Waals surface area contributed by atoms with Crippen molar-refractivity contribution in [3.63, 3.8) is 0 Å². The zero-order valence-corrected chi connectivity index (χ0v) is 12.6. The molecule has 1 fully saturated rings. The van der Waals surface area contributed by atoms with Crippen LogP contribution in [0.3, 0.4) is 0 Å². The number of hydrogen-bond acceptors (Lipinski definition) is 3. The number of anilines is 1. The van der Waals surface area contributed by atoms with Crippen LogP contribution in [-0.4, -0.2) is 35.4 Å². The minimum Gasteiger partial charge on any atom is -0.389 e. The smallest absolute Gasteiger partial charge is 0.225 e. The van der Waals surface area contributed by atoms with Crippen LogP contribution in [0.1, 0.15) is 31.2 Å². The first-order chi connectivity index (χ1) is 9.56. The van der Waals surface area contributed by atoms with Gasteiger partial charge in [-0.15, -0.1) is 0 Å². The van der Waals surface area contributed by atoms with Crippen molar-refractivity contribution in [2.75, 3.05) is 18.9 Å². The van der Waals surface area contributed by atoms with Crippen molar-refractivity contribution < 1.29 is 4.79 Å². The molecule has 1 aromatic rings. The zero-order valence-electron chi connectivity index (χ0n) is 11.8. The van der Waals surface area contributed by atoms with Crippen molar-refractivity contribution in [3.8, 4) is 0 Å². The van der Waals surface area contributed by atoms with Gasteiger partial charge in [-0.1, -0.05) is 30.8 Å². The van der Waals surface area contributed by atoms with Gasteiger partial charge in [0.15, 0.2) is 0 Å². The average molecular weight is 291 g/mol. The molecule has 0 spiro atoms. The molecule has 1 aromatic carbocycles. The Kier molecular flexibility index (Phi) is 5.09. The number of carbonyl (C=O) groups excluding carboxylic acids is 1. The van der Waals surface area contributed by atoms with Gasteiger partial charge in [-0.25, -0.2) is 0 Å². The van der Waals surface area contributed by atoms with E-state index in [9.17, 15) is 4.79 Å². The molecule has 0 heterocycles. The van der Waals surface area contributed by atoms with Crippen LogP contribution >= 0.6 is 12.2 Å². The lowest BCUT2D eigenvalue weighted by atomic mass is 9.92. The quantitative estimate of drug-likeness (QED) is 0.788. The van der Waals surface area contributed by atoms with Crippen LogP contribution in [-0.2, 0) is 4.79 Å². The molecule has 5 heteroatoms. The highest BCUT2D eigenvalue weighted by Gasteiger charge is 2.21. The van der Waals surface area contributed by atoms with Gasteiger partial charge in [-0.2, -0.15) is 0 Å². The Balaban J connectivity index is 1.81. The molecule has 3 N–H and O–H groups in total. The summed E-state index contributed by atoms with van der Waals surface area (Å²) in [6, 6.07) is 7.98. The Labute approximate surface area is 125 Å². The van der Waals surface area contributed by atoms with Crippen molar-refractivity contribution >= 4 is 28.8 Å². The van der Waals surface area contributed by atoms with E-state index in [1.54, 1.807) is 6.07 Å². The third-order valence-electron chi connectivity index (χ3n) is 3.82. The molecule has 4 nitrogen and oxygen atoms in total. The summed E-state index contributed by atoms with van der Waals surface area (Å²) in [6.07, 6.45) is 4.33. The van der Waals surface area contributed by atoms with E-state index in [2.05, 4.69) is 17.3 Å². The molecule has 0 radical (unpaired) electrons. The molecule has 0 aromatic heterocycles. The van der Waals surface area contributed by atoms with Gasteiger partial charge in [0, 0.05) is 30.3 Å². The number of nitrogens with zero attached hydrogens (tertiary/aromatic N) is 1. The second kappa shape index (κ2) is 6.81. The normalized spacial score (nSPS) is 14.9. The molecule has 0 saturated heterocycles. The first kappa shape index (κ1) is 14.9. The zero-order chi connectivity index (χ0) is 14.5. The van der Waals surface area contributed by atoms with E-state index in [-0.39, 0.29) is 5.91 Å². The Bertz CT molecular complexity index is 500. The van der Waals surface area contributed by atoms with E-state index in [1.807, 2.05) is 18.2 Å². The fraction of sp³-hybridized carbons (Fsp3) is 0.467. The van der Waals surface area contributed by atoms with E-state index in [4.69, 9.17) is 18.0 Å². The summed E-state index contributed by atoms with van der Waals surface area (Å²) < 4.78 is 0. The summed E-state index contributed by atoms with van der Waals surface area (Å²) in [5, 5.41) is 2.89. The Morgan fingerprint density at radius 2 is 2.25 bits per heavy atom. The molecule has 108 valence electrons. The second-order valence-electron chi connectivity index (χ2n) is 5.31. The van der Waals surface area contributed by atoms with Crippen LogP contribution < -0.4 is 11.1 Å². The largest absolute Gasteiger partial charge is 0.389 e. The fourth-order valence-corrected chi connectivity index (χ4v) is 2.39. The van der Waals surface area contributed by atoms with Crippen LogP contribution in [0.4, 0.5) is 5.69 Å². The molecular weight excluding hydrogens is 270 g/mol. The topological polar surface area (TPSA) is 58.4 Å². The van der Waals surface area contributed by atoms with Gasteiger partial charge in [0.05, 0.1) is 0 Å². The number of hydrogen-bond donors (Lipinski definition) is 2. The number of amides is 1. The predicted octanol–water partition coefficient (Wildman–Crippen LogP) is 2.13. The second-order valence-corrected chi connectivity index (χ2v) is 5.75. The van der Waals surface area contributed by atoms with E-state index in [1.165, 1.54) is 19.3 Å². The number of carbonyl (C=O) groups is 1. The molecule has 0 bridgehead atoms. The summed E-state index contributed by atoms with van der Waals surface area (Å²) in [4.78, 5) is 14.5. The maximum Gasteiger partial charge on any atom is 0.225 e. The number of thiocarbonyl (C=S) groups is 1. The molecule has 1 aliphatic carbocycles. The first-order valence-corrected chi connectivity index (χ1v) is 7.37. The highest BCUT2D eigenvalue weighted by molar-refractivity contribution is 7.80. The molecule has 0 atom stereocenters. The highest BCUT2D eigenvalue weighted by atomic mass is 32.1. The summed E-state index contributed by atoms with van der Waals surface area (Å²) in [6.45, 7) is 0.797. The molecule has 2 rings (SSSR count). The van der Waals surface area contributed by atoms with E-state index in [0.717, 1.165) is 17.8 Å². The molecule has 1 aliphatic rings. The van der Waals surface area contributed by atoms with E-state index < -0.39 is 0 Å². The van der Waals surface area contributed by atoms with Gasteiger partial charge < -0.3 is 16.0 Å². The van der Waals surface area contributed by atoms with Crippen molar-refractivity contribution in [1.29, 1.82) is 0 Å². The molecule has 0 aliphatic heterocycles. The van der Waals surface area contributed by atoms with Gasteiger partial charge in [-0.05, 0) is 32.0 Å². The molecule has 1 saturated carbocycles. The van der Waals surface area contributed by atoms with Crippen LogP contribution in [0, 0.1) is 0 Å². The molecular formula is C15H21N3OS. The van der Waals surface area contributed by atoms with Gasteiger partial charge >= 0.3 is 0 Å². The summed E-state index contributed by atoms with van der Waals surface area (Å²) in [7, 11) is 2.09. The van der Waals surface area contributed by atoms with Crippen LogP contribution in [0.5, 0.6) is 0 Å². The SMILES string of the molecule is CN(CCC(=O)Nc1cccc(C(N)=S)c1)C1CCC1. The first-order valence-electron chi connectivity index (χ1n) is 6.96. The van der Waals surface area contributed by atoms with Crippen molar-refractivity contribution in [2.24, 2.45) is 5.73 Å². The minimum absolute atomic E-state index is 0.0243. The van der Waals surface area contributed by atoms with E-state index in [0.29, 0.717) is 17.5 Å². The fourth-order valence-electron chi connectivity index (χ4n) is 2.26. The monoisotopic (exact) mass is 291 g/mol. The minimum atomic E-state index is 0.0243. The number of nitrogens with two attached hydrogens (primary N) is 1. The van der Waals surface area contributed by atoms with Gasteiger partial charge in [0.1, 0.15) is 4.99 Å². The van der Waals surface area contributed by atoms with Gasteiger partial charge in [0.2, 0.25) is 5.91 Å². The van der Waals surface area contributed by atoms with Crippen molar-refractivity contribution in [2.45, 2.75) is 31.7 Å². The standard InChI is InChI=1S/C15H21N3OS/c1-18(13-6-3-7-13)9-8-14(19)17-12-5-2-4-11(10-12)15(16)20/h2,4-5,10,13H,3,6-9H2,1H3,(H2,16,20)(H,17,19). The van der Waals surface area contributed by atoms with E-state index >= 15 is 0 Å². The number of benzene rings is 1. The lowest BCUT2D eigenvalue weighted by Crippen LogP contribution is -2.38. The third-order valence-corrected chi connectivity index (χ3v) is 4.06. The van der Waals surface area contributed by atoms with Gasteiger partial charge in [-0.3, -0.25) is 4.79 Å². The molecule has 20 heavy (non-hydrogen) atoms. The Hall–Kier alpha value is -1.46.